The normalized spacial score (nSPS) is 11.7. The van der Waals surface area contributed by atoms with Crippen molar-refractivity contribution in [3.8, 4) is 11.4 Å². The van der Waals surface area contributed by atoms with Crippen LogP contribution >= 0.6 is 11.6 Å². The number of carbonyl (C=O) groups excluding carboxylic acids is 2. The molecule has 0 atom stereocenters. The Morgan fingerprint density at radius 2 is 1.44 bits per heavy atom. The summed E-state index contributed by atoms with van der Waals surface area (Å²) < 4.78 is 12.1. The molecule has 2 aromatic heterocycles. The Kier molecular flexibility index (Phi) is 13.2. The molecule has 8 nitrogen and oxygen atoms in total. The van der Waals surface area contributed by atoms with Crippen molar-refractivity contribution in [2.45, 2.75) is 117 Å². The van der Waals surface area contributed by atoms with Gasteiger partial charge in [-0.15, -0.1) is 9.73 Å². The summed E-state index contributed by atoms with van der Waals surface area (Å²) in [5.74, 6) is -0.0729. The molecule has 0 aliphatic heterocycles. The number of unbranched alkanes of at least 4 members (excludes halogenated alkanes) is 10. The molecule has 9 heteroatoms. The van der Waals surface area contributed by atoms with E-state index in [9.17, 15) is 9.59 Å². The molecule has 0 amide bonds. The molecule has 226 valence electrons. The van der Waals surface area contributed by atoms with Crippen LogP contribution in [0.4, 0.5) is 0 Å². The van der Waals surface area contributed by atoms with Gasteiger partial charge in [0.2, 0.25) is 0 Å². The van der Waals surface area contributed by atoms with Gasteiger partial charge >= 0.3 is 11.9 Å². The maximum absolute atomic E-state index is 12.5. The first kappa shape index (κ1) is 32.6. The molecular formula is C32H47ClN4O4. The molecule has 41 heavy (non-hydrogen) atoms. The number of aromatic amines is 1. The molecule has 0 aliphatic carbocycles. The Labute approximate surface area is 249 Å². The van der Waals surface area contributed by atoms with Crippen LogP contribution in [0, 0.1) is 0 Å². The molecule has 0 saturated carbocycles. The maximum atomic E-state index is 12.5. The minimum Gasteiger partial charge on any atom is -0.462 e. The third kappa shape index (κ3) is 10.5. The summed E-state index contributed by atoms with van der Waals surface area (Å²) in [5.41, 5.74) is 2.69. The van der Waals surface area contributed by atoms with Crippen LogP contribution in [0.15, 0.2) is 24.3 Å². The number of esters is 2. The fraction of sp³-hybridized carbons (Fsp3) is 0.625. The molecule has 0 unspecified atom stereocenters. The van der Waals surface area contributed by atoms with E-state index in [1.165, 1.54) is 56.0 Å². The van der Waals surface area contributed by atoms with E-state index >= 15 is 0 Å². The fourth-order valence-electron chi connectivity index (χ4n) is 4.83. The van der Waals surface area contributed by atoms with Crippen LogP contribution in [-0.2, 0) is 30.9 Å². The Morgan fingerprint density at radius 3 is 2.05 bits per heavy atom. The lowest BCUT2D eigenvalue weighted by atomic mass is 9.92. The van der Waals surface area contributed by atoms with Gasteiger partial charge in [-0.3, -0.25) is 9.59 Å². The van der Waals surface area contributed by atoms with Crippen LogP contribution in [0.3, 0.4) is 0 Å². The van der Waals surface area contributed by atoms with E-state index in [2.05, 4.69) is 22.1 Å². The molecule has 3 aromatic rings. The zero-order chi connectivity index (χ0) is 29.7. The number of rotatable bonds is 18. The lowest BCUT2D eigenvalue weighted by Gasteiger charge is -2.14. The van der Waals surface area contributed by atoms with E-state index in [0.29, 0.717) is 22.9 Å². The predicted molar refractivity (Wildman–Crippen MR) is 163 cm³/mol. The highest BCUT2D eigenvalue weighted by atomic mass is 35.5. The number of fused-ring (bicyclic) bond motifs is 1. The topological polar surface area (TPSA) is 98.6 Å². The lowest BCUT2D eigenvalue weighted by molar-refractivity contribution is -0.151. The number of ether oxygens (including phenoxy) is 2. The van der Waals surface area contributed by atoms with Crippen molar-refractivity contribution in [3.05, 3.63) is 40.5 Å². The summed E-state index contributed by atoms with van der Waals surface area (Å²) in [4.78, 5) is 27.8. The van der Waals surface area contributed by atoms with Gasteiger partial charge in [-0.05, 0) is 12.0 Å². The van der Waals surface area contributed by atoms with Crippen LogP contribution in [0.1, 0.15) is 116 Å². The average molecular weight is 587 g/mol. The molecule has 2 heterocycles. The summed E-state index contributed by atoms with van der Waals surface area (Å²) in [6.07, 6.45) is 14.1. The first-order chi connectivity index (χ1) is 19.7. The number of nitrogens with zero attached hydrogens (tertiary/aromatic N) is 3. The van der Waals surface area contributed by atoms with E-state index in [4.69, 9.17) is 21.1 Å². The van der Waals surface area contributed by atoms with Crippen LogP contribution in [0.2, 0.25) is 5.02 Å². The van der Waals surface area contributed by atoms with Gasteiger partial charge in [0.1, 0.15) is 18.2 Å². The summed E-state index contributed by atoms with van der Waals surface area (Å²) in [7, 11) is 0. The van der Waals surface area contributed by atoms with Crippen molar-refractivity contribution < 1.29 is 19.1 Å². The smallest absolute Gasteiger partial charge is 0.310 e. The highest BCUT2D eigenvalue weighted by molar-refractivity contribution is 6.34. The Bertz CT molecular complexity index is 1240. The van der Waals surface area contributed by atoms with E-state index in [1.54, 1.807) is 0 Å². The highest BCUT2D eigenvalue weighted by Gasteiger charge is 2.25. The zero-order valence-electron chi connectivity index (χ0n) is 25.3. The van der Waals surface area contributed by atoms with Gasteiger partial charge in [-0.1, -0.05) is 128 Å². The Balaban J connectivity index is 1.34. The van der Waals surface area contributed by atoms with E-state index in [1.807, 2.05) is 45.0 Å². The first-order valence-electron chi connectivity index (χ1n) is 15.2. The van der Waals surface area contributed by atoms with Crippen molar-refractivity contribution in [1.82, 2.24) is 19.8 Å². The molecule has 0 spiro atoms. The van der Waals surface area contributed by atoms with Crippen LogP contribution < -0.4 is 0 Å². The van der Waals surface area contributed by atoms with Crippen molar-refractivity contribution in [2.24, 2.45) is 0 Å². The molecular weight excluding hydrogens is 540 g/mol. The van der Waals surface area contributed by atoms with Crippen molar-refractivity contribution >= 4 is 29.2 Å². The van der Waals surface area contributed by atoms with Crippen LogP contribution in [0.5, 0.6) is 0 Å². The molecule has 3 rings (SSSR count). The minimum absolute atomic E-state index is 0.0325. The number of benzene rings is 1. The second kappa shape index (κ2) is 16.5. The summed E-state index contributed by atoms with van der Waals surface area (Å²) in [5, 5.41) is 9.63. The Morgan fingerprint density at radius 1 is 0.854 bits per heavy atom. The SMILES string of the molecule is CCCCCCCCCCCCCC(=O)OCCOC(=O)Cc1ccccc1-c1nn2nc(C(C)(C)C)c(Cl)c2[nH]1. The van der Waals surface area contributed by atoms with Gasteiger partial charge in [0.05, 0.1) is 12.1 Å². The second-order valence-corrected chi connectivity index (χ2v) is 12.2. The van der Waals surface area contributed by atoms with Crippen molar-refractivity contribution in [3.63, 3.8) is 0 Å². The quantitative estimate of drug-likeness (QED) is 0.120. The molecule has 0 radical (unpaired) electrons. The first-order valence-corrected chi connectivity index (χ1v) is 15.6. The monoisotopic (exact) mass is 586 g/mol. The number of hydrogen-bond acceptors (Lipinski definition) is 6. The zero-order valence-corrected chi connectivity index (χ0v) is 26.0. The summed E-state index contributed by atoms with van der Waals surface area (Å²) >= 11 is 6.57. The largest absolute Gasteiger partial charge is 0.462 e. The maximum Gasteiger partial charge on any atom is 0.310 e. The third-order valence-corrected chi connectivity index (χ3v) is 7.51. The van der Waals surface area contributed by atoms with Crippen molar-refractivity contribution in [2.75, 3.05) is 13.2 Å². The third-order valence-electron chi connectivity index (χ3n) is 7.15. The number of halogens is 1. The number of carbonyl (C=O) groups is 2. The van der Waals surface area contributed by atoms with Gasteiger partial charge in [0.15, 0.2) is 11.5 Å². The minimum atomic E-state index is -0.400. The molecule has 0 fully saturated rings. The number of hydrogen-bond donors (Lipinski definition) is 1. The average Bonchev–Trinajstić information content (AvgIpc) is 3.49. The summed E-state index contributed by atoms with van der Waals surface area (Å²) in [6, 6.07) is 7.49. The van der Waals surface area contributed by atoms with Gasteiger partial charge in [-0.2, -0.15) is 5.10 Å². The molecule has 1 aromatic carbocycles. The molecule has 0 bridgehead atoms. The fourth-order valence-corrected chi connectivity index (χ4v) is 5.27. The highest BCUT2D eigenvalue weighted by Crippen LogP contribution is 2.32. The summed E-state index contributed by atoms with van der Waals surface area (Å²) in [6.45, 7) is 8.47. The van der Waals surface area contributed by atoms with E-state index in [0.717, 1.165) is 36.1 Å². The molecule has 0 aliphatic rings. The van der Waals surface area contributed by atoms with Gasteiger partial charge in [-0.25, -0.2) is 0 Å². The van der Waals surface area contributed by atoms with E-state index < -0.39 is 5.97 Å². The number of aromatic nitrogens is 4. The van der Waals surface area contributed by atoms with Gasteiger partial charge in [0.25, 0.3) is 0 Å². The predicted octanol–water partition coefficient (Wildman–Crippen LogP) is 8.01. The number of nitrogens with one attached hydrogen (secondary N) is 1. The van der Waals surface area contributed by atoms with Gasteiger partial charge < -0.3 is 14.5 Å². The second-order valence-electron chi connectivity index (χ2n) is 11.8. The number of H-pyrrole nitrogens is 1. The van der Waals surface area contributed by atoms with Gasteiger partial charge in [0, 0.05) is 17.4 Å². The lowest BCUT2D eigenvalue weighted by Crippen LogP contribution is -2.15. The van der Waals surface area contributed by atoms with E-state index in [-0.39, 0.29) is 31.0 Å². The Hall–Kier alpha value is -2.87. The van der Waals surface area contributed by atoms with Crippen LogP contribution in [-0.4, -0.2) is 45.0 Å². The standard InChI is InChI=1S/C32H47ClN4O4/c1-5-6-7-8-9-10-11-12-13-14-15-20-26(38)40-21-22-41-27(39)23-24-18-16-17-19-25(24)30-34-31-28(33)29(32(2,3)4)35-37(31)36-30/h16-19H,5-15,20-23H2,1-4H3,(H,34,36). The van der Waals surface area contributed by atoms with Crippen molar-refractivity contribution in [1.29, 1.82) is 0 Å². The molecule has 1 N–H and O–H groups in total. The van der Waals surface area contributed by atoms with Crippen LogP contribution in [0.25, 0.3) is 17.0 Å². The molecule has 0 saturated heterocycles.